The summed E-state index contributed by atoms with van der Waals surface area (Å²) in [4.78, 5) is 2.36. The van der Waals surface area contributed by atoms with Crippen LogP contribution in [0.5, 0.6) is 0 Å². The predicted octanol–water partition coefficient (Wildman–Crippen LogP) is 1.50. The summed E-state index contributed by atoms with van der Waals surface area (Å²) in [5, 5.41) is 10.3. The molecule has 2 unspecified atom stereocenters. The third-order valence-corrected chi connectivity index (χ3v) is 3.59. The molecule has 15 heavy (non-hydrogen) atoms. The first-order valence-electron chi connectivity index (χ1n) is 6.01. The minimum atomic E-state index is -0.592. The molecule has 0 aromatic heterocycles. The number of hydrogen-bond donors (Lipinski definition) is 1. The Morgan fingerprint density at radius 1 is 1.53 bits per heavy atom. The van der Waals surface area contributed by atoms with Gasteiger partial charge in [-0.25, -0.2) is 0 Å². The van der Waals surface area contributed by atoms with Gasteiger partial charge in [-0.3, -0.25) is 4.90 Å². The molecule has 1 rings (SSSR count). The van der Waals surface area contributed by atoms with E-state index in [4.69, 9.17) is 4.74 Å². The lowest BCUT2D eigenvalue weighted by Crippen LogP contribution is -2.53. The van der Waals surface area contributed by atoms with E-state index >= 15 is 0 Å². The molecule has 1 aliphatic heterocycles. The largest absolute Gasteiger partial charge is 0.389 e. The Hall–Kier alpha value is -0.120. The lowest BCUT2D eigenvalue weighted by Gasteiger charge is -2.40. The van der Waals surface area contributed by atoms with Gasteiger partial charge in [0.1, 0.15) is 0 Å². The Bertz CT molecular complexity index is 192. The van der Waals surface area contributed by atoms with Gasteiger partial charge in [-0.15, -0.1) is 0 Å². The normalized spacial score (nSPS) is 28.0. The minimum Gasteiger partial charge on any atom is -0.389 e. The molecule has 1 saturated heterocycles. The maximum absolute atomic E-state index is 10.3. The molecule has 0 radical (unpaired) electrons. The van der Waals surface area contributed by atoms with Crippen LogP contribution in [0.15, 0.2) is 0 Å². The van der Waals surface area contributed by atoms with E-state index in [1.165, 1.54) is 0 Å². The Morgan fingerprint density at radius 2 is 2.20 bits per heavy atom. The van der Waals surface area contributed by atoms with Crippen molar-refractivity contribution in [3.63, 3.8) is 0 Å². The summed E-state index contributed by atoms with van der Waals surface area (Å²) in [6.45, 7) is 11.6. The second-order valence-corrected chi connectivity index (χ2v) is 5.12. The maximum atomic E-state index is 10.3. The van der Waals surface area contributed by atoms with E-state index in [9.17, 15) is 5.11 Å². The average Bonchev–Trinajstić information content (AvgIpc) is 2.18. The van der Waals surface area contributed by atoms with Gasteiger partial charge in [0, 0.05) is 19.1 Å². The second-order valence-electron chi connectivity index (χ2n) is 5.12. The maximum Gasteiger partial charge on any atom is 0.0768 e. The molecular weight excluding hydrogens is 190 g/mol. The Kier molecular flexibility index (Phi) is 4.56. The predicted molar refractivity (Wildman–Crippen MR) is 61.9 cm³/mol. The molecule has 0 amide bonds. The highest BCUT2D eigenvalue weighted by atomic mass is 16.5. The summed E-state index contributed by atoms with van der Waals surface area (Å²) in [5.41, 5.74) is -0.592. The number of aliphatic hydroxyl groups is 1. The van der Waals surface area contributed by atoms with E-state index in [1.807, 2.05) is 6.92 Å². The molecule has 1 aliphatic rings. The van der Waals surface area contributed by atoms with Crippen molar-refractivity contribution in [1.29, 1.82) is 0 Å². The first-order valence-corrected chi connectivity index (χ1v) is 6.01. The van der Waals surface area contributed by atoms with Gasteiger partial charge >= 0.3 is 0 Å². The van der Waals surface area contributed by atoms with Crippen LogP contribution >= 0.6 is 0 Å². The van der Waals surface area contributed by atoms with Crippen LogP contribution < -0.4 is 0 Å². The number of nitrogens with zero attached hydrogens (tertiary/aromatic N) is 1. The van der Waals surface area contributed by atoms with Gasteiger partial charge in [-0.05, 0) is 19.3 Å². The molecule has 0 bridgehead atoms. The number of ether oxygens (including phenoxy) is 1. The topological polar surface area (TPSA) is 32.7 Å². The first kappa shape index (κ1) is 12.9. The molecule has 3 nitrogen and oxygen atoms in total. The molecule has 1 N–H and O–H groups in total. The average molecular weight is 215 g/mol. The van der Waals surface area contributed by atoms with Crippen LogP contribution in [0.2, 0.25) is 0 Å². The quantitative estimate of drug-likeness (QED) is 0.771. The molecule has 0 aromatic carbocycles. The fourth-order valence-electron chi connectivity index (χ4n) is 1.87. The van der Waals surface area contributed by atoms with Crippen LogP contribution in [0.4, 0.5) is 0 Å². The van der Waals surface area contributed by atoms with E-state index in [1.54, 1.807) is 0 Å². The number of hydrogen-bond acceptors (Lipinski definition) is 3. The van der Waals surface area contributed by atoms with Gasteiger partial charge in [0.2, 0.25) is 0 Å². The lowest BCUT2D eigenvalue weighted by atomic mass is 9.91. The molecule has 90 valence electrons. The third kappa shape index (κ3) is 3.44. The summed E-state index contributed by atoms with van der Waals surface area (Å²) in [6.07, 6.45) is 1.09. The highest BCUT2D eigenvalue weighted by Gasteiger charge is 2.31. The monoisotopic (exact) mass is 215 g/mol. The van der Waals surface area contributed by atoms with Crippen LogP contribution in [0.25, 0.3) is 0 Å². The zero-order valence-electron chi connectivity index (χ0n) is 10.5. The van der Waals surface area contributed by atoms with Gasteiger partial charge in [-0.2, -0.15) is 0 Å². The fourth-order valence-corrected chi connectivity index (χ4v) is 1.87. The second kappa shape index (κ2) is 5.28. The standard InChI is InChI=1S/C12H25NO2/c1-5-11-8-15-7-6-13(11)9-12(4,14)10(2)3/h10-11,14H,5-9H2,1-4H3. The van der Waals surface area contributed by atoms with E-state index in [2.05, 4.69) is 25.7 Å². The van der Waals surface area contributed by atoms with Crippen molar-refractivity contribution >= 4 is 0 Å². The molecular formula is C12H25NO2. The summed E-state index contributed by atoms with van der Waals surface area (Å²) in [5.74, 6) is 0.290. The highest BCUT2D eigenvalue weighted by Crippen LogP contribution is 2.21. The molecule has 0 saturated carbocycles. The Balaban J connectivity index is 2.54. The van der Waals surface area contributed by atoms with Gasteiger partial charge in [0.25, 0.3) is 0 Å². The molecule has 3 heteroatoms. The summed E-state index contributed by atoms with van der Waals surface area (Å²) in [6, 6.07) is 0.476. The minimum absolute atomic E-state index is 0.290. The Morgan fingerprint density at radius 3 is 2.73 bits per heavy atom. The van der Waals surface area contributed by atoms with Crippen molar-refractivity contribution in [2.45, 2.75) is 45.8 Å². The molecule has 0 aromatic rings. The van der Waals surface area contributed by atoms with E-state index < -0.39 is 5.60 Å². The van der Waals surface area contributed by atoms with Crippen LogP contribution in [-0.2, 0) is 4.74 Å². The van der Waals surface area contributed by atoms with Crippen molar-refractivity contribution in [1.82, 2.24) is 4.90 Å². The third-order valence-electron chi connectivity index (χ3n) is 3.59. The van der Waals surface area contributed by atoms with Crippen molar-refractivity contribution in [3.8, 4) is 0 Å². The van der Waals surface area contributed by atoms with Gasteiger partial charge in [-0.1, -0.05) is 20.8 Å². The molecule has 0 spiro atoms. The van der Waals surface area contributed by atoms with Gasteiger partial charge in [0.05, 0.1) is 18.8 Å². The smallest absolute Gasteiger partial charge is 0.0768 e. The number of β-amino-alcohol motifs (C(OH)–C–C–N with tert-alkyl or cyclic N) is 1. The first-order chi connectivity index (χ1) is 6.97. The molecule has 2 atom stereocenters. The zero-order chi connectivity index (χ0) is 11.5. The molecule has 1 heterocycles. The number of rotatable bonds is 4. The van der Waals surface area contributed by atoms with Crippen molar-refractivity contribution in [2.75, 3.05) is 26.3 Å². The van der Waals surface area contributed by atoms with Crippen molar-refractivity contribution < 1.29 is 9.84 Å². The van der Waals surface area contributed by atoms with Crippen molar-refractivity contribution in [3.05, 3.63) is 0 Å². The lowest BCUT2D eigenvalue weighted by molar-refractivity contribution is -0.0706. The Labute approximate surface area is 93.4 Å². The van der Waals surface area contributed by atoms with Crippen LogP contribution in [0, 0.1) is 5.92 Å². The fraction of sp³-hybridized carbons (Fsp3) is 1.00. The van der Waals surface area contributed by atoms with Gasteiger partial charge < -0.3 is 9.84 Å². The number of morpholine rings is 1. The van der Waals surface area contributed by atoms with Gasteiger partial charge in [0.15, 0.2) is 0 Å². The van der Waals surface area contributed by atoms with Crippen molar-refractivity contribution in [2.24, 2.45) is 5.92 Å². The summed E-state index contributed by atoms with van der Waals surface area (Å²) >= 11 is 0. The van der Waals surface area contributed by atoms with Crippen LogP contribution in [0.1, 0.15) is 34.1 Å². The van der Waals surface area contributed by atoms with E-state index in [0.717, 1.165) is 32.7 Å². The highest BCUT2D eigenvalue weighted by molar-refractivity contribution is 4.85. The summed E-state index contributed by atoms with van der Waals surface area (Å²) in [7, 11) is 0. The van der Waals surface area contributed by atoms with Crippen LogP contribution in [-0.4, -0.2) is 48.0 Å². The zero-order valence-corrected chi connectivity index (χ0v) is 10.5. The van der Waals surface area contributed by atoms with E-state index in [0.29, 0.717) is 6.04 Å². The van der Waals surface area contributed by atoms with Crippen LogP contribution in [0.3, 0.4) is 0 Å². The molecule has 0 aliphatic carbocycles. The van der Waals surface area contributed by atoms with E-state index in [-0.39, 0.29) is 5.92 Å². The summed E-state index contributed by atoms with van der Waals surface area (Å²) < 4.78 is 5.45. The molecule has 1 fully saturated rings. The SMILES string of the molecule is CCC1COCCN1CC(C)(O)C(C)C.